The standard InChI is InChI=1S/C28H37N3O4/c1-5-30(6-2)16-14-29-27(32)25-20-11-9-10-12-21(20)28(33)31-15-13-19-17-23(34-7-3)24(35-8-4)18-22(19)26(25)31/h9-12,17-18,25-26H,5-8,13-16H2,1-4H3,(H,29,32). The molecule has 0 saturated heterocycles. The Labute approximate surface area is 208 Å². The number of hydrogen-bond acceptors (Lipinski definition) is 5. The highest BCUT2D eigenvalue weighted by Crippen LogP contribution is 2.48. The molecule has 0 fully saturated rings. The molecule has 0 saturated carbocycles. The van der Waals surface area contributed by atoms with Gasteiger partial charge < -0.3 is 24.6 Å². The molecular weight excluding hydrogens is 442 g/mol. The quantitative estimate of drug-likeness (QED) is 0.562. The second-order valence-electron chi connectivity index (χ2n) is 8.94. The third-order valence-electron chi connectivity index (χ3n) is 7.09. The zero-order valence-electron chi connectivity index (χ0n) is 21.3. The monoisotopic (exact) mass is 479 g/mol. The number of carbonyl (C=O) groups is 2. The molecule has 0 aromatic heterocycles. The van der Waals surface area contributed by atoms with Gasteiger partial charge in [0, 0.05) is 25.2 Å². The highest BCUT2D eigenvalue weighted by atomic mass is 16.5. The molecule has 1 N–H and O–H groups in total. The number of rotatable bonds is 10. The minimum Gasteiger partial charge on any atom is -0.490 e. The molecule has 2 amide bonds. The molecular formula is C28H37N3O4. The fourth-order valence-corrected chi connectivity index (χ4v) is 5.34. The van der Waals surface area contributed by atoms with Gasteiger partial charge in [0.05, 0.1) is 25.2 Å². The van der Waals surface area contributed by atoms with Crippen molar-refractivity contribution in [3.05, 3.63) is 58.7 Å². The smallest absolute Gasteiger partial charge is 0.254 e. The lowest BCUT2D eigenvalue weighted by Gasteiger charge is -2.45. The van der Waals surface area contributed by atoms with Crippen LogP contribution in [0.2, 0.25) is 0 Å². The van der Waals surface area contributed by atoms with E-state index < -0.39 is 5.92 Å². The van der Waals surface area contributed by atoms with E-state index in [1.54, 1.807) is 0 Å². The van der Waals surface area contributed by atoms with Crippen LogP contribution in [0.4, 0.5) is 0 Å². The Morgan fingerprint density at radius 3 is 2.40 bits per heavy atom. The first-order valence-corrected chi connectivity index (χ1v) is 12.9. The van der Waals surface area contributed by atoms with E-state index in [0.717, 1.165) is 36.3 Å². The second-order valence-corrected chi connectivity index (χ2v) is 8.94. The summed E-state index contributed by atoms with van der Waals surface area (Å²) in [5, 5.41) is 3.17. The van der Waals surface area contributed by atoms with Gasteiger partial charge in [-0.05, 0) is 68.2 Å². The van der Waals surface area contributed by atoms with Crippen LogP contribution in [0.3, 0.4) is 0 Å². The first-order valence-electron chi connectivity index (χ1n) is 12.9. The Morgan fingerprint density at radius 1 is 1.03 bits per heavy atom. The summed E-state index contributed by atoms with van der Waals surface area (Å²) in [7, 11) is 0. The van der Waals surface area contributed by atoms with Gasteiger partial charge in [-0.1, -0.05) is 32.0 Å². The van der Waals surface area contributed by atoms with Gasteiger partial charge in [0.2, 0.25) is 5.91 Å². The Morgan fingerprint density at radius 2 is 1.71 bits per heavy atom. The van der Waals surface area contributed by atoms with Gasteiger partial charge >= 0.3 is 0 Å². The number of amides is 2. The first-order chi connectivity index (χ1) is 17.0. The number of likely N-dealkylation sites (N-methyl/N-ethyl adjacent to an activating group) is 1. The van der Waals surface area contributed by atoms with Gasteiger partial charge in [0.25, 0.3) is 5.91 Å². The van der Waals surface area contributed by atoms with Crippen LogP contribution in [0.15, 0.2) is 36.4 Å². The first kappa shape index (κ1) is 25.0. The predicted octanol–water partition coefficient (Wildman–Crippen LogP) is 3.78. The topological polar surface area (TPSA) is 71.1 Å². The number of hydrogen-bond donors (Lipinski definition) is 1. The van der Waals surface area contributed by atoms with E-state index in [-0.39, 0.29) is 17.9 Å². The van der Waals surface area contributed by atoms with Crippen molar-refractivity contribution in [1.82, 2.24) is 15.1 Å². The van der Waals surface area contributed by atoms with Crippen molar-refractivity contribution in [3.8, 4) is 11.5 Å². The van der Waals surface area contributed by atoms with Crippen LogP contribution in [0, 0.1) is 0 Å². The molecule has 7 nitrogen and oxygen atoms in total. The van der Waals surface area contributed by atoms with Crippen molar-refractivity contribution < 1.29 is 19.1 Å². The van der Waals surface area contributed by atoms with E-state index in [1.165, 1.54) is 0 Å². The third kappa shape index (κ3) is 4.87. The maximum atomic E-state index is 13.7. The van der Waals surface area contributed by atoms with Gasteiger partial charge in [-0.3, -0.25) is 9.59 Å². The van der Waals surface area contributed by atoms with Crippen molar-refractivity contribution in [2.24, 2.45) is 0 Å². The van der Waals surface area contributed by atoms with Crippen LogP contribution in [0.1, 0.15) is 66.7 Å². The number of benzene rings is 2. The van der Waals surface area contributed by atoms with E-state index >= 15 is 0 Å². The van der Waals surface area contributed by atoms with Crippen LogP contribution >= 0.6 is 0 Å². The molecule has 2 aliphatic rings. The number of carbonyl (C=O) groups excluding carboxylic acids is 2. The fourth-order valence-electron chi connectivity index (χ4n) is 5.34. The summed E-state index contributed by atoms with van der Waals surface area (Å²) in [4.78, 5) is 31.4. The largest absolute Gasteiger partial charge is 0.490 e. The average molecular weight is 480 g/mol. The highest BCUT2D eigenvalue weighted by molar-refractivity contribution is 6.01. The summed E-state index contributed by atoms with van der Waals surface area (Å²) < 4.78 is 11.8. The van der Waals surface area contributed by atoms with Gasteiger partial charge in [-0.15, -0.1) is 0 Å². The summed E-state index contributed by atoms with van der Waals surface area (Å²) in [6.07, 6.45) is 0.711. The number of nitrogens with one attached hydrogen (secondary N) is 1. The van der Waals surface area contributed by atoms with Crippen molar-refractivity contribution in [1.29, 1.82) is 0 Å². The molecule has 2 unspecified atom stereocenters. The van der Waals surface area contributed by atoms with E-state index in [0.29, 0.717) is 49.8 Å². The maximum Gasteiger partial charge on any atom is 0.254 e. The zero-order chi connectivity index (χ0) is 24.9. The van der Waals surface area contributed by atoms with Crippen molar-refractivity contribution in [2.45, 2.75) is 46.1 Å². The normalized spacial score (nSPS) is 18.5. The molecule has 4 rings (SSSR count). The molecule has 7 heteroatoms. The Hall–Kier alpha value is -3.06. The molecule has 0 spiro atoms. The summed E-state index contributed by atoms with van der Waals surface area (Å²) in [6.45, 7) is 13.0. The van der Waals surface area contributed by atoms with Crippen molar-refractivity contribution in [2.75, 3.05) is 45.9 Å². The SMILES string of the molecule is CCOc1cc2c(cc1OCC)C1C(C(=O)NCCN(CC)CC)c3ccccc3C(=O)N1CC2. The van der Waals surface area contributed by atoms with Crippen LogP contribution in [-0.4, -0.2) is 67.6 Å². The fraction of sp³-hybridized carbons (Fsp3) is 0.500. The maximum absolute atomic E-state index is 13.7. The summed E-state index contributed by atoms with van der Waals surface area (Å²) in [5.74, 6) is 0.806. The minimum absolute atomic E-state index is 0.0183. The molecule has 0 aliphatic carbocycles. The second kappa shape index (κ2) is 11.1. The van der Waals surface area contributed by atoms with Gasteiger partial charge in [-0.25, -0.2) is 0 Å². The van der Waals surface area contributed by atoms with Crippen LogP contribution in [0.5, 0.6) is 11.5 Å². The minimum atomic E-state index is -0.493. The lowest BCUT2D eigenvalue weighted by molar-refractivity contribution is -0.124. The lowest BCUT2D eigenvalue weighted by Crippen LogP contribution is -2.50. The van der Waals surface area contributed by atoms with Crippen LogP contribution in [0.25, 0.3) is 0 Å². The number of fused-ring (bicyclic) bond motifs is 4. The summed E-state index contributed by atoms with van der Waals surface area (Å²) in [6, 6.07) is 11.2. The predicted molar refractivity (Wildman–Crippen MR) is 136 cm³/mol. The summed E-state index contributed by atoms with van der Waals surface area (Å²) >= 11 is 0. The molecule has 0 bridgehead atoms. The molecule has 35 heavy (non-hydrogen) atoms. The van der Waals surface area contributed by atoms with Crippen LogP contribution in [-0.2, 0) is 11.2 Å². The lowest BCUT2D eigenvalue weighted by atomic mass is 9.75. The van der Waals surface area contributed by atoms with E-state index in [1.807, 2.05) is 55.1 Å². The Kier molecular flexibility index (Phi) is 7.96. The molecule has 2 atom stereocenters. The van der Waals surface area contributed by atoms with E-state index in [4.69, 9.17) is 9.47 Å². The zero-order valence-corrected chi connectivity index (χ0v) is 21.3. The van der Waals surface area contributed by atoms with E-state index in [9.17, 15) is 9.59 Å². The Balaban J connectivity index is 1.75. The molecule has 188 valence electrons. The van der Waals surface area contributed by atoms with E-state index in [2.05, 4.69) is 24.1 Å². The van der Waals surface area contributed by atoms with Crippen LogP contribution < -0.4 is 14.8 Å². The number of ether oxygens (including phenoxy) is 2. The van der Waals surface area contributed by atoms with Crippen molar-refractivity contribution >= 4 is 11.8 Å². The van der Waals surface area contributed by atoms with Gasteiger partial charge in [-0.2, -0.15) is 0 Å². The highest BCUT2D eigenvalue weighted by Gasteiger charge is 2.46. The molecule has 2 aromatic carbocycles. The summed E-state index contributed by atoms with van der Waals surface area (Å²) in [5.41, 5.74) is 3.48. The molecule has 2 aliphatic heterocycles. The Bertz CT molecular complexity index is 1070. The molecule has 2 heterocycles. The van der Waals surface area contributed by atoms with Gasteiger partial charge in [0.1, 0.15) is 0 Å². The van der Waals surface area contributed by atoms with Crippen molar-refractivity contribution in [3.63, 3.8) is 0 Å². The third-order valence-corrected chi connectivity index (χ3v) is 7.09. The number of nitrogens with zero attached hydrogens (tertiary/aromatic N) is 2. The molecule has 2 aromatic rings. The molecule has 0 radical (unpaired) electrons. The van der Waals surface area contributed by atoms with Gasteiger partial charge in [0.15, 0.2) is 11.5 Å². The average Bonchev–Trinajstić information content (AvgIpc) is 2.87.